The third kappa shape index (κ3) is 1.21. The molecule has 0 aromatic carbocycles. The first-order valence-electron chi connectivity index (χ1n) is 5.25. The topological polar surface area (TPSA) is 78.4 Å². The van der Waals surface area contributed by atoms with Crippen LogP contribution in [0, 0.1) is 0 Å². The largest absolute Gasteiger partial charge is 0.650 e. The van der Waals surface area contributed by atoms with Crippen LogP contribution in [0.15, 0.2) is 18.5 Å². The van der Waals surface area contributed by atoms with Crippen LogP contribution in [0.1, 0.15) is 0 Å². The minimum atomic E-state index is -2.27. The minimum Gasteiger partial charge on any atom is -0.594 e. The van der Waals surface area contributed by atoms with E-state index in [1.165, 1.54) is 12.4 Å². The maximum Gasteiger partial charge on any atom is 0.650 e. The van der Waals surface area contributed by atoms with Crippen LogP contribution in [0.5, 0.6) is 0 Å². The van der Waals surface area contributed by atoms with Crippen LogP contribution in [0.4, 0.5) is 0 Å². The molecule has 0 spiro atoms. The predicted molar refractivity (Wildman–Crippen MR) is 55.5 cm³/mol. The highest BCUT2D eigenvalue weighted by Crippen LogP contribution is 2.32. The van der Waals surface area contributed by atoms with Gasteiger partial charge in [0.1, 0.15) is 18.8 Å². The lowest BCUT2D eigenvalue weighted by atomic mass is 9.67. The van der Waals surface area contributed by atoms with Gasteiger partial charge in [-0.2, -0.15) is 0 Å². The van der Waals surface area contributed by atoms with Crippen molar-refractivity contribution in [2.45, 2.75) is 0 Å². The van der Waals surface area contributed by atoms with Crippen molar-refractivity contribution in [2.75, 3.05) is 20.1 Å². The number of carbonyl (C=O) groups is 2. The number of hydrogen-bond donors (Lipinski definition) is 0. The van der Waals surface area contributed by atoms with Gasteiger partial charge < -0.3 is 13.7 Å². The maximum absolute atomic E-state index is 11.5. The molecule has 3 rings (SSSR count). The molecule has 0 atom stereocenters. The van der Waals surface area contributed by atoms with E-state index in [0.717, 1.165) is 0 Å². The predicted octanol–water partition coefficient (Wildman–Crippen LogP) is -1.82. The van der Waals surface area contributed by atoms with Gasteiger partial charge in [0.05, 0.1) is 0 Å². The number of likely N-dealkylation sites (N-methyl/N-ethyl adjacent to an activating group) is 1. The van der Waals surface area contributed by atoms with Gasteiger partial charge in [0.15, 0.2) is 0 Å². The number of hydrogen-bond acceptors (Lipinski definition) is 6. The molecular formula is C9H10BN3O4. The fourth-order valence-electron chi connectivity index (χ4n) is 2.48. The van der Waals surface area contributed by atoms with Gasteiger partial charge >= 0.3 is 18.6 Å². The molecule has 3 heterocycles. The molecule has 0 aliphatic carbocycles. The Morgan fingerprint density at radius 2 is 1.71 bits per heavy atom. The standard InChI is InChI=1S/C9H10BN3O4/c1-13-5-7(14)16-10(13,17-8(15)6-13)9-11-3-2-4-12-9/h2-4H,5-6H2,1H3. The van der Waals surface area contributed by atoms with Gasteiger partial charge in [-0.05, 0) is 6.07 Å². The Morgan fingerprint density at radius 1 is 1.18 bits per heavy atom. The molecule has 2 aliphatic heterocycles. The van der Waals surface area contributed by atoms with Crippen LogP contribution >= 0.6 is 0 Å². The van der Waals surface area contributed by atoms with Gasteiger partial charge in [0.25, 0.3) is 0 Å². The normalized spacial score (nSPS) is 35.4. The molecule has 0 bridgehead atoms. The van der Waals surface area contributed by atoms with E-state index in [1.807, 2.05) is 0 Å². The lowest BCUT2D eigenvalue weighted by Gasteiger charge is -2.38. The van der Waals surface area contributed by atoms with Crippen molar-refractivity contribution < 1.29 is 23.3 Å². The smallest absolute Gasteiger partial charge is 0.594 e. The summed E-state index contributed by atoms with van der Waals surface area (Å²) in [5.74, 6) is -0.792. The molecular weight excluding hydrogens is 225 g/mol. The lowest BCUT2D eigenvalue weighted by molar-refractivity contribution is -0.791. The Balaban J connectivity index is 2.16. The minimum absolute atomic E-state index is 0.0711. The molecule has 2 fully saturated rings. The van der Waals surface area contributed by atoms with Crippen molar-refractivity contribution in [2.24, 2.45) is 0 Å². The lowest BCUT2D eigenvalue weighted by Crippen LogP contribution is -2.69. The molecule has 1 aromatic rings. The molecule has 0 N–H and O–H groups in total. The van der Waals surface area contributed by atoms with E-state index in [9.17, 15) is 9.59 Å². The maximum atomic E-state index is 11.5. The molecule has 0 saturated carbocycles. The third-order valence-corrected chi connectivity index (χ3v) is 3.30. The summed E-state index contributed by atoms with van der Waals surface area (Å²) in [6.07, 6.45) is 3.06. The quantitative estimate of drug-likeness (QED) is 0.533. The van der Waals surface area contributed by atoms with E-state index < -0.39 is 18.6 Å². The Bertz CT molecular complexity index is 486. The van der Waals surface area contributed by atoms with Crippen molar-refractivity contribution in [1.82, 2.24) is 9.97 Å². The average Bonchev–Trinajstić information content (AvgIpc) is 2.64. The number of fused-ring (bicyclic) bond motifs is 1. The summed E-state index contributed by atoms with van der Waals surface area (Å²) in [4.78, 5) is 31.1. The van der Waals surface area contributed by atoms with Crippen LogP contribution in [0.2, 0.25) is 0 Å². The fourth-order valence-corrected chi connectivity index (χ4v) is 2.48. The summed E-state index contributed by atoms with van der Waals surface area (Å²) in [7, 11) is 1.74. The van der Waals surface area contributed by atoms with Crippen molar-refractivity contribution >= 4 is 24.3 Å². The van der Waals surface area contributed by atoms with Crippen molar-refractivity contribution in [3.8, 4) is 0 Å². The molecule has 8 heteroatoms. The number of quaternary nitrogens is 1. The molecule has 0 unspecified atom stereocenters. The van der Waals surface area contributed by atoms with Crippen molar-refractivity contribution in [3.63, 3.8) is 0 Å². The molecule has 0 amide bonds. The molecule has 1 aromatic heterocycles. The summed E-state index contributed by atoms with van der Waals surface area (Å²) in [5.41, 5.74) is 0.256. The van der Waals surface area contributed by atoms with Crippen LogP contribution in [-0.4, -0.2) is 53.1 Å². The zero-order chi connectivity index (χ0) is 12.1. The molecule has 2 aliphatic rings. The van der Waals surface area contributed by atoms with Crippen LogP contribution in [0.25, 0.3) is 0 Å². The van der Waals surface area contributed by atoms with Crippen LogP contribution in [-0.2, 0) is 18.9 Å². The highest BCUT2D eigenvalue weighted by Gasteiger charge is 2.68. The summed E-state index contributed by atoms with van der Waals surface area (Å²) >= 11 is 0. The number of carbonyl (C=O) groups excluding carboxylic acids is 2. The second kappa shape index (κ2) is 3.04. The first-order chi connectivity index (χ1) is 8.06. The van der Waals surface area contributed by atoms with Crippen molar-refractivity contribution in [1.29, 1.82) is 0 Å². The van der Waals surface area contributed by atoms with E-state index >= 15 is 0 Å². The van der Waals surface area contributed by atoms with Gasteiger partial charge in [-0.25, -0.2) is 0 Å². The van der Waals surface area contributed by atoms with E-state index in [-0.39, 0.29) is 23.2 Å². The van der Waals surface area contributed by atoms with Gasteiger partial charge in [-0.1, -0.05) is 0 Å². The third-order valence-electron chi connectivity index (χ3n) is 3.30. The van der Waals surface area contributed by atoms with E-state index in [4.69, 9.17) is 9.31 Å². The monoisotopic (exact) mass is 235 g/mol. The van der Waals surface area contributed by atoms with Gasteiger partial charge in [-0.15, -0.1) is 0 Å². The van der Waals surface area contributed by atoms with E-state index in [2.05, 4.69) is 9.97 Å². The van der Waals surface area contributed by atoms with E-state index in [0.29, 0.717) is 0 Å². The molecule has 17 heavy (non-hydrogen) atoms. The molecule has 88 valence electrons. The zero-order valence-corrected chi connectivity index (χ0v) is 9.20. The van der Waals surface area contributed by atoms with Gasteiger partial charge in [0, 0.05) is 19.4 Å². The molecule has 2 saturated heterocycles. The second-order valence-electron chi connectivity index (χ2n) is 4.55. The Kier molecular flexibility index (Phi) is 1.83. The zero-order valence-electron chi connectivity index (χ0n) is 9.20. The summed E-state index contributed by atoms with van der Waals surface area (Å²) in [5, 5.41) is 0. The highest BCUT2D eigenvalue weighted by molar-refractivity contribution is 6.77. The summed E-state index contributed by atoms with van der Waals surface area (Å²) in [6, 6.07) is 1.65. The molecule has 7 nitrogen and oxygen atoms in total. The SMILES string of the molecule is C[N+]12CC(=O)O[B-]1(c1ncccn1)OC(=O)C2. The van der Waals surface area contributed by atoms with Crippen LogP contribution < -0.4 is 5.72 Å². The molecule has 0 radical (unpaired) electrons. The van der Waals surface area contributed by atoms with Gasteiger partial charge in [0.2, 0.25) is 0 Å². The highest BCUT2D eigenvalue weighted by atomic mass is 16.7. The Labute approximate surface area is 97.0 Å². The number of aromatic nitrogens is 2. The summed E-state index contributed by atoms with van der Waals surface area (Å²) < 4.78 is 10.6. The fraction of sp³-hybridized carbons (Fsp3) is 0.333. The first-order valence-corrected chi connectivity index (χ1v) is 5.25. The van der Waals surface area contributed by atoms with Crippen LogP contribution in [0.3, 0.4) is 0 Å². The first kappa shape index (κ1) is 10.2. The van der Waals surface area contributed by atoms with Gasteiger partial charge in [-0.3, -0.25) is 19.6 Å². The second-order valence-corrected chi connectivity index (χ2v) is 4.55. The average molecular weight is 235 g/mol. The van der Waals surface area contributed by atoms with Crippen molar-refractivity contribution in [3.05, 3.63) is 18.5 Å². The Morgan fingerprint density at radius 3 is 2.24 bits per heavy atom. The van der Waals surface area contributed by atoms with E-state index in [1.54, 1.807) is 13.1 Å². The Hall–Kier alpha value is -1.96. The number of rotatable bonds is 1. The number of nitrogens with zero attached hydrogens (tertiary/aromatic N) is 3. The summed E-state index contributed by atoms with van der Waals surface area (Å²) in [6.45, 7) is -2.07.